The molecule has 0 radical (unpaired) electrons. The number of carboxylic acid groups (broad SMARTS) is 1. The van der Waals surface area contributed by atoms with Crippen LogP contribution in [0.1, 0.15) is 57.1 Å². The minimum Gasteiger partial charge on any atom is -0.479 e. The third-order valence-electron chi connectivity index (χ3n) is 6.11. The molecule has 1 aliphatic rings. The Morgan fingerprint density at radius 2 is 1.53 bits per heavy atom. The van der Waals surface area contributed by atoms with E-state index >= 15 is 0 Å². The Morgan fingerprint density at radius 3 is 2.12 bits per heavy atom. The molecule has 0 fully saturated rings. The molecule has 2 amide bonds. The number of aliphatic carboxylic acids is 1. The predicted molar refractivity (Wildman–Crippen MR) is 127 cm³/mol. The van der Waals surface area contributed by atoms with Crippen LogP contribution in [0.25, 0.3) is 11.1 Å². The second-order valence-electron chi connectivity index (χ2n) is 8.77. The number of ether oxygens (including phenoxy) is 1. The number of hydrogen-bond acceptors (Lipinski definition) is 5. The molecule has 3 rings (SSSR count). The molecule has 1 aliphatic carbocycles. The Kier molecular flexibility index (Phi) is 8.65. The Labute approximate surface area is 199 Å². The van der Waals surface area contributed by atoms with Gasteiger partial charge in [-0.1, -0.05) is 61.9 Å². The Balaban J connectivity index is 1.39. The van der Waals surface area contributed by atoms with Crippen LogP contribution in [0.15, 0.2) is 48.5 Å². The summed E-state index contributed by atoms with van der Waals surface area (Å²) in [4.78, 5) is 39.9. The molecule has 8 heteroatoms. The molecule has 8 nitrogen and oxygen atoms in total. The lowest BCUT2D eigenvalue weighted by molar-refractivity contribution is -0.160. The molecular weight excluding hydrogens is 436 g/mol. The van der Waals surface area contributed by atoms with Crippen LogP contribution in [0.4, 0.5) is 4.79 Å². The van der Waals surface area contributed by atoms with Gasteiger partial charge in [0.2, 0.25) is 5.91 Å². The number of hydroxylamine groups is 1. The summed E-state index contributed by atoms with van der Waals surface area (Å²) in [6.07, 6.45) is 0.379. The summed E-state index contributed by atoms with van der Waals surface area (Å²) in [7, 11) is 0. The number of fused-ring (bicyclic) bond motifs is 3. The lowest BCUT2D eigenvalue weighted by Gasteiger charge is -2.18. The summed E-state index contributed by atoms with van der Waals surface area (Å²) >= 11 is 0. The number of nitrogens with one attached hydrogen (secondary N) is 2. The van der Waals surface area contributed by atoms with Crippen LogP contribution < -0.4 is 10.8 Å². The normalized spacial score (nSPS) is 14.9. The molecule has 182 valence electrons. The highest BCUT2D eigenvalue weighted by atomic mass is 16.7. The van der Waals surface area contributed by atoms with E-state index in [9.17, 15) is 14.4 Å². The van der Waals surface area contributed by atoms with Gasteiger partial charge in [0.05, 0.1) is 0 Å². The van der Waals surface area contributed by atoms with Gasteiger partial charge in [-0.25, -0.2) is 15.1 Å². The fourth-order valence-corrected chi connectivity index (χ4v) is 4.07. The molecule has 3 unspecified atom stereocenters. The van der Waals surface area contributed by atoms with E-state index in [-0.39, 0.29) is 30.4 Å². The van der Waals surface area contributed by atoms with Crippen molar-refractivity contribution in [2.45, 2.75) is 58.1 Å². The summed E-state index contributed by atoms with van der Waals surface area (Å²) in [6, 6.07) is 16.3. The molecular formula is C26H32N2O6. The first-order valence-corrected chi connectivity index (χ1v) is 11.6. The molecule has 0 bridgehead atoms. The van der Waals surface area contributed by atoms with Crippen molar-refractivity contribution in [1.29, 1.82) is 0 Å². The maximum Gasteiger partial charge on any atom is 0.407 e. The van der Waals surface area contributed by atoms with Crippen LogP contribution in [-0.2, 0) is 19.2 Å². The second-order valence-corrected chi connectivity index (χ2v) is 8.77. The largest absolute Gasteiger partial charge is 0.479 e. The molecule has 2 aromatic carbocycles. The van der Waals surface area contributed by atoms with Gasteiger partial charge in [-0.3, -0.25) is 9.63 Å². The van der Waals surface area contributed by atoms with Crippen LogP contribution in [-0.4, -0.2) is 41.8 Å². The fourth-order valence-electron chi connectivity index (χ4n) is 4.07. The lowest BCUT2D eigenvalue weighted by Crippen LogP contribution is -2.36. The van der Waals surface area contributed by atoms with E-state index < -0.39 is 18.2 Å². The van der Waals surface area contributed by atoms with Gasteiger partial charge in [-0.15, -0.1) is 0 Å². The van der Waals surface area contributed by atoms with Crippen molar-refractivity contribution >= 4 is 18.0 Å². The third-order valence-corrected chi connectivity index (χ3v) is 6.11. The van der Waals surface area contributed by atoms with Gasteiger partial charge < -0.3 is 15.2 Å². The van der Waals surface area contributed by atoms with Gasteiger partial charge in [0.15, 0.2) is 6.10 Å². The van der Waals surface area contributed by atoms with Gasteiger partial charge in [0.25, 0.3) is 0 Å². The van der Waals surface area contributed by atoms with Crippen molar-refractivity contribution in [3.63, 3.8) is 0 Å². The third kappa shape index (κ3) is 6.35. The highest BCUT2D eigenvalue weighted by molar-refractivity contribution is 5.79. The van der Waals surface area contributed by atoms with Crippen molar-refractivity contribution in [2.75, 3.05) is 6.61 Å². The van der Waals surface area contributed by atoms with Crippen molar-refractivity contribution in [2.24, 2.45) is 5.92 Å². The Morgan fingerprint density at radius 1 is 0.941 bits per heavy atom. The van der Waals surface area contributed by atoms with E-state index in [4.69, 9.17) is 14.7 Å². The Bertz CT molecular complexity index is 978. The zero-order chi connectivity index (χ0) is 24.7. The molecule has 3 N–H and O–H groups in total. The van der Waals surface area contributed by atoms with Crippen molar-refractivity contribution in [1.82, 2.24) is 10.8 Å². The van der Waals surface area contributed by atoms with Gasteiger partial charge in [-0.05, 0) is 48.9 Å². The fraction of sp³-hybridized carbons (Fsp3) is 0.423. The highest BCUT2D eigenvalue weighted by Crippen LogP contribution is 2.44. The zero-order valence-corrected chi connectivity index (χ0v) is 19.7. The van der Waals surface area contributed by atoms with E-state index in [0.717, 1.165) is 0 Å². The molecule has 0 spiro atoms. The number of alkyl carbamates (subject to hydrolysis) is 1. The van der Waals surface area contributed by atoms with Crippen LogP contribution in [0.2, 0.25) is 0 Å². The molecule has 34 heavy (non-hydrogen) atoms. The first-order chi connectivity index (χ1) is 16.3. The standard InChI is InChI=1S/C26H32N2O6/c1-16(24(29)28-34-18(3)25(30)31)9-8-10-17(2)27-26(32)33-15-23-21-13-6-4-11-19(21)20-12-5-7-14-22(20)23/h4-7,11-14,16-18,23H,8-10,15H2,1-3H3,(H,27,32)(H,28,29)(H,30,31). The van der Waals surface area contributed by atoms with Crippen molar-refractivity contribution in [3.05, 3.63) is 59.7 Å². The average molecular weight is 469 g/mol. The topological polar surface area (TPSA) is 114 Å². The summed E-state index contributed by atoms with van der Waals surface area (Å²) in [5, 5.41) is 11.6. The van der Waals surface area contributed by atoms with Crippen molar-refractivity contribution < 1.29 is 29.1 Å². The maximum absolute atomic E-state index is 12.4. The van der Waals surface area contributed by atoms with E-state index in [0.29, 0.717) is 19.3 Å². The lowest BCUT2D eigenvalue weighted by atomic mass is 9.98. The van der Waals surface area contributed by atoms with Crippen LogP contribution in [0, 0.1) is 5.92 Å². The number of benzene rings is 2. The predicted octanol–water partition coefficient (Wildman–Crippen LogP) is 4.24. The molecule has 0 heterocycles. The van der Waals surface area contributed by atoms with Gasteiger partial charge in [-0.2, -0.15) is 0 Å². The molecule has 0 aromatic heterocycles. The van der Waals surface area contributed by atoms with Crippen LogP contribution in [0.3, 0.4) is 0 Å². The monoisotopic (exact) mass is 468 g/mol. The number of rotatable bonds is 11. The summed E-state index contributed by atoms with van der Waals surface area (Å²) in [6.45, 7) is 5.24. The number of carbonyl (C=O) groups is 3. The summed E-state index contributed by atoms with van der Waals surface area (Å²) in [5.41, 5.74) is 6.88. The highest BCUT2D eigenvalue weighted by Gasteiger charge is 2.29. The first-order valence-electron chi connectivity index (χ1n) is 11.6. The molecule has 0 aliphatic heterocycles. The van der Waals surface area contributed by atoms with Crippen molar-refractivity contribution in [3.8, 4) is 11.1 Å². The van der Waals surface area contributed by atoms with Gasteiger partial charge in [0, 0.05) is 17.9 Å². The second kappa shape index (κ2) is 11.7. The van der Waals surface area contributed by atoms with E-state index in [2.05, 4.69) is 35.1 Å². The first kappa shape index (κ1) is 25.2. The van der Waals surface area contributed by atoms with Crippen LogP contribution in [0.5, 0.6) is 0 Å². The van der Waals surface area contributed by atoms with E-state index in [1.165, 1.54) is 29.2 Å². The SMILES string of the molecule is CC(CCCC(C)C(=O)NOC(C)C(=O)O)NC(=O)OCC1c2ccccc2-c2ccccc21. The smallest absolute Gasteiger partial charge is 0.407 e. The van der Waals surface area contributed by atoms with Gasteiger partial charge in [0.1, 0.15) is 6.61 Å². The number of carboxylic acids is 1. The molecule has 2 aromatic rings. The number of amides is 2. The van der Waals surface area contributed by atoms with E-state index in [1.54, 1.807) is 6.92 Å². The number of hydrogen-bond donors (Lipinski definition) is 3. The van der Waals surface area contributed by atoms with Crippen LogP contribution >= 0.6 is 0 Å². The molecule has 0 saturated carbocycles. The molecule has 3 atom stereocenters. The minimum absolute atomic E-state index is 0.0129. The summed E-state index contributed by atoms with van der Waals surface area (Å²) < 4.78 is 5.57. The maximum atomic E-state index is 12.4. The summed E-state index contributed by atoms with van der Waals surface area (Å²) in [5.74, 6) is -1.85. The average Bonchev–Trinajstić information content (AvgIpc) is 3.14. The van der Waals surface area contributed by atoms with Gasteiger partial charge >= 0.3 is 12.1 Å². The quantitative estimate of drug-likeness (QED) is 0.425. The minimum atomic E-state index is -1.15. The van der Waals surface area contributed by atoms with E-state index in [1.807, 2.05) is 31.2 Å². The molecule has 0 saturated heterocycles. The number of carbonyl (C=O) groups excluding carboxylic acids is 2. The Hall–Kier alpha value is -3.39. The zero-order valence-electron chi connectivity index (χ0n) is 19.7.